The van der Waals surface area contributed by atoms with E-state index in [0.29, 0.717) is 28.2 Å². The SMILES string of the molecule is O=NN(c1ccn2ncc(-c3cccc(Cl)c3)c2n1)c1ccccc1NC1CCCC1. The molecule has 2 heterocycles. The van der Waals surface area contributed by atoms with E-state index in [1.165, 1.54) is 17.9 Å². The second-order valence-corrected chi connectivity index (χ2v) is 8.10. The van der Waals surface area contributed by atoms with E-state index in [0.717, 1.165) is 29.7 Å². The molecule has 1 fully saturated rings. The lowest BCUT2D eigenvalue weighted by Gasteiger charge is -2.21. The van der Waals surface area contributed by atoms with E-state index in [1.54, 1.807) is 23.0 Å². The summed E-state index contributed by atoms with van der Waals surface area (Å²) in [6.07, 6.45) is 8.23. The summed E-state index contributed by atoms with van der Waals surface area (Å²) in [5.41, 5.74) is 3.90. The number of hydrogen-bond acceptors (Lipinski definition) is 5. The minimum absolute atomic E-state index is 0.411. The van der Waals surface area contributed by atoms with Gasteiger partial charge < -0.3 is 5.32 Å². The number of aromatic nitrogens is 3. The molecule has 1 aliphatic carbocycles. The number of nitroso groups, excluding NO2 is 1. The minimum Gasteiger partial charge on any atom is -0.381 e. The second kappa shape index (κ2) is 8.35. The predicted molar refractivity (Wildman–Crippen MR) is 124 cm³/mol. The molecule has 4 aromatic rings. The summed E-state index contributed by atoms with van der Waals surface area (Å²) in [4.78, 5) is 16.7. The summed E-state index contributed by atoms with van der Waals surface area (Å²) in [6, 6.07) is 17.4. The zero-order valence-corrected chi connectivity index (χ0v) is 17.5. The zero-order chi connectivity index (χ0) is 21.2. The Bertz CT molecular complexity index is 1230. The Balaban J connectivity index is 1.55. The highest BCUT2D eigenvalue weighted by Crippen LogP contribution is 2.35. The first-order chi connectivity index (χ1) is 15.2. The van der Waals surface area contributed by atoms with Crippen molar-refractivity contribution in [1.29, 1.82) is 0 Å². The molecule has 0 aliphatic heterocycles. The predicted octanol–water partition coefficient (Wildman–Crippen LogP) is 6.22. The molecule has 1 N–H and O–H groups in total. The van der Waals surface area contributed by atoms with Crippen LogP contribution in [0.25, 0.3) is 16.8 Å². The number of fused-ring (bicyclic) bond motifs is 1. The van der Waals surface area contributed by atoms with Crippen LogP contribution >= 0.6 is 11.6 Å². The van der Waals surface area contributed by atoms with Gasteiger partial charge in [-0.2, -0.15) is 10.1 Å². The molecule has 7 nitrogen and oxygen atoms in total. The summed E-state index contributed by atoms with van der Waals surface area (Å²) in [5, 5.41) is 13.2. The van der Waals surface area contributed by atoms with Crippen molar-refractivity contribution in [3.8, 4) is 11.1 Å². The molecule has 5 rings (SSSR count). The van der Waals surface area contributed by atoms with Crippen molar-refractivity contribution in [2.45, 2.75) is 31.7 Å². The van der Waals surface area contributed by atoms with Crippen LogP contribution in [0.5, 0.6) is 0 Å². The monoisotopic (exact) mass is 432 g/mol. The van der Waals surface area contributed by atoms with E-state index < -0.39 is 0 Å². The van der Waals surface area contributed by atoms with Crippen LogP contribution < -0.4 is 10.3 Å². The fraction of sp³-hybridized carbons (Fsp3) is 0.217. The highest BCUT2D eigenvalue weighted by molar-refractivity contribution is 6.30. The summed E-state index contributed by atoms with van der Waals surface area (Å²) in [5.74, 6) is 0.423. The summed E-state index contributed by atoms with van der Waals surface area (Å²) < 4.78 is 1.67. The molecule has 0 spiro atoms. The molecule has 0 amide bonds. The van der Waals surface area contributed by atoms with Crippen molar-refractivity contribution in [2.75, 3.05) is 10.3 Å². The molecule has 0 bridgehead atoms. The van der Waals surface area contributed by atoms with Crippen molar-refractivity contribution >= 4 is 34.4 Å². The Morgan fingerprint density at radius 2 is 1.94 bits per heavy atom. The van der Waals surface area contributed by atoms with Crippen molar-refractivity contribution < 1.29 is 0 Å². The zero-order valence-electron chi connectivity index (χ0n) is 16.8. The number of hydrogen-bond donors (Lipinski definition) is 1. The quantitative estimate of drug-likeness (QED) is 0.289. The molecular formula is C23H21ClN6O. The van der Waals surface area contributed by atoms with Gasteiger partial charge in [-0.1, -0.05) is 48.7 Å². The fourth-order valence-electron chi connectivity index (χ4n) is 4.12. The van der Waals surface area contributed by atoms with Crippen molar-refractivity contribution in [3.05, 3.63) is 76.9 Å². The summed E-state index contributed by atoms with van der Waals surface area (Å²) in [6.45, 7) is 0. The Hall–Kier alpha value is -3.45. The van der Waals surface area contributed by atoms with Gasteiger partial charge in [-0.3, -0.25) is 0 Å². The van der Waals surface area contributed by atoms with Gasteiger partial charge in [0.2, 0.25) is 0 Å². The molecule has 8 heteroatoms. The first-order valence-electron chi connectivity index (χ1n) is 10.3. The third-order valence-electron chi connectivity index (χ3n) is 5.64. The summed E-state index contributed by atoms with van der Waals surface area (Å²) in [7, 11) is 0. The standard InChI is InChI=1S/C23H21ClN6O/c24-17-7-5-6-16(14-17)19-15-25-29-13-12-22(27-23(19)29)30(28-31)21-11-4-3-10-20(21)26-18-8-1-2-9-18/h3-7,10-15,18,26H,1-2,8-9H2. The average Bonchev–Trinajstić information content (AvgIpc) is 3.45. The third kappa shape index (κ3) is 3.84. The smallest absolute Gasteiger partial charge is 0.165 e. The number of nitrogens with zero attached hydrogens (tertiary/aromatic N) is 5. The molecule has 1 aliphatic rings. The lowest BCUT2D eigenvalue weighted by molar-refractivity contribution is 0.755. The molecule has 156 valence electrons. The number of rotatable bonds is 6. The van der Waals surface area contributed by atoms with Crippen LogP contribution in [0, 0.1) is 4.91 Å². The molecule has 0 unspecified atom stereocenters. The van der Waals surface area contributed by atoms with Crippen molar-refractivity contribution in [1.82, 2.24) is 14.6 Å². The highest BCUT2D eigenvalue weighted by atomic mass is 35.5. The maximum absolute atomic E-state index is 11.9. The van der Waals surface area contributed by atoms with Crippen LogP contribution in [0.3, 0.4) is 0 Å². The van der Waals surface area contributed by atoms with E-state index in [9.17, 15) is 4.91 Å². The Morgan fingerprint density at radius 1 is 1.10 bits per heavy atom. The van der Waals surface area contributed by atoms with Gasteiger partial charge in [0.1, 0.15) is 0 Å². The van der Waals surface area contributed by atoms with Crippen LogP contribution in [0.1, 0.15) is 25.7 Å². The molecule has 2 aromatic carbocycles. The van der Waals surface area contributed by atoms with Crippen LogP contribution in [-0.2, 0) is 0 Å². The number of para-hydroxylation sites is 2. The fourth-order valence-corrected chi connectivity index (χ4v) is 4.31. The number of benzene rings is 2. The van der Waals surface area contributed by atoms with Crippen LogP contribution in [0.2, 0.25) is 5.02 Å². The molecule has 2 aromatic heterocycles. The average molecular weight is 433 g/mol. The Kier molecular flexibility index (Phi) is 5.26. The first kappa shape index (κ1) is 19.5. The Morgan fingerprint density at radius 3 is 2.74 bits per heavy atom. The molecular weight excluding hydrogens is 412 g/mol. The summed E-state index contributed by atoms with van der Waals surface area (Å²) >= 11 is 6.17. The number of halogens is 1. The van der Waals surface area contributed by atoms with E-state index in [4.69, 9.17) is 16.6 Å². The third-order valence-corrected chi connectivity index (χ3v) is 5.87. The van der Waals surface area contributed by atoms with E-state index in [-0.39, 0.29) is 0 Å². The Labute approximate surface area is 184 Å². The maximum atomic E-state index is 11.9. The van der Waals surface area contributed by atoms with Crippen LogP contribution in [0.4, 0.5) is 17.2 Å². The van der Waals surface area contributed by atoms with E-state index in [1.807, 2.05) is 48.5 Å². The second-order valence-electron chi connectivity index (χ2n) is 7.66. The van der Waals surface area contributed by atoms with Crippen LogP contribution in [0.15, 0.2) is 72.3 Å². The maximum Gasteiger partial charge on any atom is 0.165 e. The van der Waals surface area contributed by atoms with Gasteiger partial charge in [-0.25, -0.2) is 9.50 Å². The molecule has 0 radical (unpaired) electrons. The van der Waals surface area contributed by atoms with Crippen LogP contribution in [-0.4, -0.2) is 20.6 Å². The van der Waals surface area contributed by atoms with Gasteiger partial charge in [-0.15, -0.1) is 4.91 Å². The normalized spacial score (nSPS) is 14.1. The van der Waals surface area contributed by atoms with E-state index in [2.05, 4.69) is 15.7 Å². The first-order valence-corrected chi connectivity index (χ1v) is 10.7. The van der Waals surface area contributed by atoms with Gasteiger partial charge in [0.05, 0.1) is 22.9 Å². The lowest BCUT2D eigenvalue weighted by atomic mass is 10.1. The molecule has 0 saturated heterocycles. The van der Waals surface area contributed by atoms with E-state index >= 15 is 0 Å². The van der Waals surface area contributed by atoms with Gasteiger partial charge in [0.15, 0.2) is 11.5 Å². The topological polar surface area (TPSA) is 74.9 Å². The lowest BCUT2D eigenvalue weighted by Crippen LogP contribution is -2.18. The highest BCUT2D eigenvalue weighted by Gasteiger charge is 2.21. The van der Waals surface area contributed by atoms with Gasteiger partial charge in [-0.05, 0) is 42.7 Å². The number of anilines is 3. The number of nitrogens with one attached hydrogen (secondary N) is 1. The van der Waals surface area contributed by atoms with Gasteiger partial charge >= 0.3 is 0 Å². The molecule has 0 atom stereocenters. The minimum atomic E-state index is 0.411. The van der Waals surface area contributed by atoms with Gasteiger partial charge in [0.25, 0.3) is 0 Å². The van der Waals surface area contributed by atoms with Gasteiger partial charge in [0, 0.05) is 28.9 Å². The molecule has 1 saturated carbocycles. The molecule has 31 heavy (non-hydrogen) atoms. The van der Waals surface area contributed by atoms with Crippen molar-refractivity contribution in [3.63, 3.8) is 0 Å². The van der Waals surface area contributed by atoms with Crippen molar-refractivity contribution in [2.24, 2.45) is 5.29 Å². The largest absolute Gasteiger partial charge is 0.381 e.